The van der Waals surface area contributed by atoms with Gasteiger partial charge < -0.3 is 126 Å². The Kier molecular flexibility index (Phi) is 24.8. The quantitative estimate of drug-likeness (QED) is 0.0570. The molecular weight excluding hydrogens is 1260 g/mol. The Hall–Kier alpha value is -2.02. The van der Waals surface area contributed by atoms with Gasteiger partial charge in [0, 0.05) is 61.0 Å². The van der Waals surface area contributed by atoms with Crippen LogP contribution in [0.4, 0.5) is 0 Å². The van der Waals surface area contributed by atoms with Gasteiger partial charge in [-0.15, -0.1) is 0 Å². The lowest BCUT2D eigenvalue weighted by molar-refractivity contribution is -0.374. The van der Waals surface area contributed by atoms with E-state index in [0.29, 0.717) is 19.3 Å². The summed E-state index contributed by atoms with van der Waals surface area (Å²) in [5.41, 5.74) is -4.57. The molecule has 10 rings (SSSR count). The molecule has 0 aromatic heterocycles. The van der Waals surface area contributed by atoms with Gasteiger partial charge in [-0.2, -0.15) is 0 Å². The summed E-state index contributed by atoms with van der Waals surface area (Å²) in [4.78, 5) is 25.9. The first kappa shape index (κ1) is 76.6. The van der Waals surface area contributed by atoms with Gasteiger partial charge in [-0.25, -0.2) is 0 Å². The van der Waals surface area contributed by atoms with Crippen LogP contribution < -0.4 is 0 Å². The first-order valence-corrected chi connectivity index (χ1v) is 35.2. The first-order chi connectivity index (χ1) is 45.4. The molecule has 28 heteroatoms. The van der Waals surface area contributed by atoms with Crippen molar-refractivity contribution < 1.29 is 136 Å². The average molecular weight is 1380 g/mol. The first-order valence-electron chi connectivity index (χ1n) is 35.2. The summed E-state index contributed by atoms with van der Waals surface area (Å²) in [7, 11) is 6.08. The molecule has 4 saturated carbocycles. The van der Waals surface area contributed by atoms with Crippen LogP contribution in [0.2, 0.25) is 0 Å². The van der Waals surface area contributed by atoms with Gasteiger partial charge in [0.2, 0.25) is 0 Å². The van der Waals surface area contributed by atoms with Gasteiger partial charge >= 0.3 is 11.9 Å². The molecule has 0 aromatic rings. The van der Waals surface area contributed by atoms with Crippen molar-refractivity contribution in [2.75, 3.05) is 35.0 Å². The summed E-state index contributed by atoms with van der Waals surface area (Å²) in [5, 5.41) is 90.1. The lowest BCUT2D eigenvalue weighted by Gasteiger charge is -2.66. The number of hydrogen-bond acceptors (Lipinski definition) is 28. The third-order valence-corrected chi connectivity index (χ3v) is 24.5. The van der Waals surface area contributed by atoms with Crippen LogP contribution in [0.15, 0.2) is 0 Å². The maximum atomic E-state index is 13.1. The SMILES string of the molecule is CC[C@@H](C)C(=O)O[C@H](C)[C@]1(O)CC[C@]2(O)[C@@H]3CC[C@H]4C[C@@H](O[C@H]5C[C@H](O)[C@H](O[C@H]6C[C@H](OC)[C@H](O[C@H]7C[C@@H](OC)[C@H](O[C@H]8C[C@@H](OC)[C@H](O[C@@H]9O[C@H](C)[C@@H](O[C@@H]%10O[C@H](CO)[C@@H](O)[C@H](O)[C@H]%10O)[C@H](OC)[C@H]9O)[C@@H](C)O8)[C@@H](C)O7)[C@@H](C)O6)[C@@H](C)O5)CC[C@]4(C)[C@H]3C[C@@H](OC(C)=O)[C@]12C. The fraction of sp³-hybridized carbons (Fsp3) is 0.971. The number of aliphatic hydroxyl groups is 8. The van der Waals surface area contributed by atoms with E-state index >= 15 is 0 Å². The molecule has 0 bridgehead atoms. The van der Waals surface area contributed by atoms with E-state index in [0.717, 1.165) is 25.7 Å². The van der Waals surface area contributed by atoms with E-state index in [1.807, 2.05) is 34.6 Å². The number of esters is 2. The van der Waals surface area contributed by atoms with Crippen molar-refractivity contribution in [3.8, 4) is 0 Å². The van der Waals surface area contributed by atoms with E-state index in [9.17, 15) is 50.4 Å². The maximum Gasteiger partial charge on any atom is 0.309 e. The van der Waals surface area contributed by atoms with Gasteiger partial charge in [0.15, 0.2) is 37.7 Å². The second-order valence-corrected chi connectivity index (χ2v) is 29.8. The van der Waals surface area contributed by atoms with Gasteiger partial charge in [-0.05, 0) is 122 Å². The van der Waals surface area contributed by atoms with Gasteiger partial charge in [-0.1, -0.05) is 27.7 Å². The Morgan fingerprint density at radius 3 is 1.56 bits per heavy atom. The molecule has 0 radical (unpaired) electrons. The largest absolute Gasteiger partial charge is 0.462 e. The predicted octanol–water partition coefficient (Wildman–Crippen LogP) is 2.57. The molecule has 554 valence electrons. The topological polar surface area (TPSA) is 362 Å². The lowest BCUT2D eigenvalue weighted by atomic mass is 9.42. The highest BCUT2D eigenvalue weighted by Crippen LogP contribution is 2.71. The van der Waals surface area contributed by atoms with Crippen LogP contribution in [0.5, 0.6) is 0 Å². The summed E-state index contributed by atoms with van der Waals surface area (Å²) in [6.07, 6.45) is -19.5. The number of fused-ring (bicyclic) bond motifs is 5. The van der Waals surface area contributed by atoms with Crippen molar-refractivity contribution in [3.63, 3.8) is 0 Å². The molecule has 96 heavy (non-hydrogen) atoms. The fourth-order valence-corrected chi connectivity index (χ4v) is 18.5. The Labute approximate surface area is 564 Å². The number of methoxy groups -OCH3 is 4. The van der Waals surface area contributed by atoms with E-state index in [4.69, 9.17) is 85.3 Å². The Morgan fingerprint density at radius 1 is 0.531 bits per heavy atom. The van der Waals surface area contributed by atoms with Crippen molar-refractivity contribution in [3.05, 3.63) is 0 Å². The minimum absolute atomic E-state index is 0.0194. The number of ether oxygens (including phenoxy) is 18. The van der Waals surface area contributed by atoms with Crippen LogP contribution in [-0.2, 0) is 94.9 Å². The van der Waals surface area contributed by atoms with Gasteiger partial charge in [0.25, 0.3) is 0 Å². The molecular formula is C68H114O28. The number of carbonyl (C=O) groups is 2. The third-order valence-electron chi connectivity index (χ3n) is 24.5. The van der Waals surface area contributed by atoms with E-state index in [1.54, 1.807) is 41.9 Å². The monoisotopic (exact) mass is 1380 g/mol. The van der Waals surface area contributed by atoms with Crippen LogP contribution in [-0.4, -0.2) is 277 Å². The zero-order chi connectivity index (χ0) is 69.8. The van der Waals surface area contributed by atoms with E-state index in [2.05, 4.69) is 6.92 Å². The van der Waals surface area contributed by atoms with E-state index < -0.39 is 207 Å². The summed E-state index contributed by atoms with van der Waals surface area (Å²) >= 11 is 0. The zero-order valence-electron chi connectivity index (χ0n) is 58.7. The van der Waals surface area contributed by atoms with Crippen molar-refractivity contribution >= 4 is 11.9 Å². The lowest BCUT2D eigenvalue weighted by Crippen LogP contribution is -2.72. The minimum atomic E-state index is -1.68. The highest BCUT2D eigenvalue weighted by atomic mass is 16.8. The summed E-state index contributed by atoms with van der Waals surface area (Å²) in [6.45, 7) is 19.3. The standard InChI is InChI=1S/C68H114O28/c1-16-30(2)62(76)88-36(8)67(77)21-22-68(78)40-18-17-38-23-39(19-20-65(38,10)41(40)24-47(66(67,68)11)89-37(9)70)90-48-25-42(71)56(31(3)83-48)92-49-26-43(79-12)57(32(4)84-49)93-50-27-44(80-13)58(33(5)85-50)94-51-28-45(81-14)59(34(6)86-51)95-64-55(75)61(82-15)60(35(7)87-64)96-63-54(74)53(73)52(72)46(29-69)91-63/h30-36,38-61,63-64,69,71-75,77-78H,16-29H2,1-15H3/t30-,31-,32-,33-,34-,35-,36-,38+,39+,40-,41+,42+,43+,44-,45-,46-,47-,48+,49+,50+,51+,52-,53+,54-,55-,56-,57-,58-,59-,60-,61-,63+,64+,65+,66-,67-,68+/m1/s1. The smallest absolute Gasteiger partial charge is 0.309 e. The fourth-order valence-electron chi connectivity index (χ4n) is 18.5. The third kappa shape index (κ3) is 14.6. The highest BCUT2D eigenvalue weighted by molar-refractivity contribution is 5.72. The van der Waals surface area contributed by atoms with Crippen molar-refractivity contribution in [2.24, 2.45) is 34.5 Å². The predicted molar refractivity (Wildman–Crippen MR) is 332 cm³/mol. The second-order valence-electron chi connectivity index (χ2n) is 29.8. The van der Waals surface area contributed by atoms with E-state index in [-0.39, 0.29) is 73.7 Å². The molecule has 6 saturated heterocycles. The average Bonchev–Trinajstić information content (AvgIpc) is 1.40. The van der Waals surface area contributed by atoms with Crippen molar-refractivity contribution in [1.82, 2.24) is 0 Å². The second kappa shape index (κ2) is 31.1. The van der Waals surface area contributed by atoms with Crippen LogP contribution >= 0.6 is 0 Å². The van der Waals surface area contributed by atoms with Gasteiger partial charge in [-0.3, -0.25) is 9.59 Å². The van der Waals surface area contributed by atoms with Crippen LogP contribution in [0.3, 0.4) is 0 Å². The molecule has 10 fully saturated rings. The Balaban J connectivity index is 0.683. The van der Waals surface area contributed by atoms with Crippen LogP contribution in [0.25, 0.3) is 0 Å². The molecule has 28 nitrogen and oxygen atoms in total. The number of hydrogen-bond donors (Lipinski definition) is 8. The van der Waals surface area contributed by atoms with Crippen LogP contribution in [0.1, 0.15) is 160 Å². The molecule has 37 atom stereocenters. The molecule has 6 heterocycles. The summed E-state index contributed by atoms with van der Waals surface area (Å²) < 4.78 is 112. The molecule has 0 unspecified atom stereocenters. The molecule has 0 aromatic carbocycles. The normalized spacial score (nSPS) is 51.3. The summed E-state index contributed by atoms with van der Waals surface area (Å²) in [5.74, 6) is -1.24. The highest BCUT2D eigenvalue weighted by Gasteiger charge is 2.77. The van der Waals surface area contributed by atoms with Crippen LogP contribution in [0, 0.1) is 34.5 Å². The Bertz CT molecular complexity index is 2530. The minimum Gasteiger partial charge on any atom is -0.462 e. The number of rotatable bonds is 22. The Morgan fingerprint density at radius 2 is 1.04 bits per heavy atom. The molecule has 4 aliphatic carbocycles. The maximum absolute atomic E-state index is 13.1. The molecule has 6 aliphatic heterocycles. The van der Waals surface area contributed by atoms with Gasteiger partial charge in [0.1, 0.15) is 85.0 Å². The molecule has 0 spiro atoms. The van der Waals surface area contributed by atoms with Crippen molar-refractivity contribution in [2.45, 2.75) is 349 Å². The zero-order valence-corrected chi connectivity index (χ0v) is 58.7. The molecule has 10 aliphatic rings. The molecule has 0 amide bonds. The van der Waals surface area contributed by atoms with Gasteiger partial charge in [0.05, 0.1) is 84.6 Å². The van der Waals surface area contributed by atoms with E-state index in [1.165, 1.54) is 21.1 Å². The number of aliphatic hydroxyl groups excluding tert-OH is 6. The van der Waals surface area contributed by atoms with Crippen molar-refractivity contribution in [1.29, 1.82) is 0 Å². The molecule has 8 N–H and O–H groups in total. The number of carbonyl (C=O) groups excluding carboxylic acids is 2. The summed E-state index contributed by atoms with van der Waals surface area (Å²) in [6, 6.07) is 0.